The van der Waals surface area contributed by atoms with Gasteiger partial charge in [0.15, 0.2) is 0 Å². The number of hydrogen-bond acceptors (Lipinski definition) is 2. The van der Waals surface area contributed by atoms with Crippen LogP contribution in [0.4, 0.5) is 0 Å². The average Bonchev–Trinajstić information content (AvgIpc) is 2.29. The molecule has 0 aliphatic rings. The highest BCUT2D eigenvalue weighted by Crippen LogP contribution is 2.19. The monoisotopic (exact) mass is 284 g/mol. The lowest BCUT2D eigenvalue weighted by molar-refractivity contribution is 0.0696. The molecule has 0 aliphatic carbocycles. The summed E-state index contributed by atoms with van der Waals surface area (Å²) in [5.74, 6) is -0.396. The molecule has 0 fully saturated rings. The van der Waals surface area contributed by atoms with Crippen molar-refractivity contribution in [2.75, 3.05) is 12.4 Å². The van der Waals surface area contributed by atoms with Crippen LogP contribution in [0, 0.1) is 0 Å². The van der Waals surface area contributed by atoms with Crippen molar-refractivity contribution in [2.24, 2.45) is 0 Å². The number of rotatable bonds is 5. The number of methoxy groups -OCH3 is 1. The highest BCUT2D eigenvalue weighted by atomic mass is 79.9. The van der Waals surface area contributed by atoms with Gasteiger partial charge in [-0.2, -0.15) is 0 Å². The second-order valence-electron chi connectivity index (χ2n) is 3.14. The lowest BCUT2D eigenvalue weighted by atomic mass is 10.1. The van der Waals surface area contributed by atoms with E-state index in [-0.39, 0.29) is 5.56 Å². The Morgan fingerprint density at radius 3 is 2.88 bits per heavy atom. The predicted molar refractivity (Wildman–Crippen MR) is 67.4 cm³/mol. The van der Waals surface area contributed by atoms with E-state index >= 15 is 0 Å². The van der Waals surface area contributed by atoms with Gasteiger partial charge >= 0.3 is 5.97 Å². The van der Waals surface area contributed by atoms with E-state index in [2.05, 4.69) is 15.9 Å². The molecule has 0 aliphatic heterocycles. The molecule has 3 nitrogen and oxygen atoms in total. The Labute approximate surface area is 103 Å². The van der Waals surface area contributed by atoms with Crippen molar-refractivity contribution in [2.45, 2.75) is 6.42 Å². The third-order valence-corrected chi connectivity index (χ3v) is 2.52. The summed E-state index contributed by atoms with van der Waals surface area (Å²) in [7, 11) is 1.52. The van der Waals surface area contributed by atoms with Gasteiger partial charge in [0.1, 0.15) is 5.75 Å². The molecular weight excluding hydrogens is 272 g/mol. The van der Waals surface area contributed by atoms with Crippen molar-refractivity contribution in [3.8, 4) is 5.75 Å². The molecule has 86 valence electrons. The normalized spacial score (nSPS) is 10.6. The van der Waals surface area contributed by atoms with Crippen LogP contribution >= 0.6 is 15.9 Å². The van der Waals surface area contributed by atoms with Crippen LogP contribution in [0.2, 0.25) is 0 Å². The maximum atomic E-state index is 11.0. The summed E-state index contributed by atoms with van der Waals surface area (Å²) in [5, 5.41) is 9.91. The van der Waals surface area contributed by atoms with E-state index in [1.165, 1.54) is 13.2 Å². The first-order chi connectivity index (χ1) is 7.69. The molecule has 0 saturated carbocycles. The van der Waals surface area contributed by atoms with Gasteiger partial charge in [0.05, 0.1) is 12.7 Å². The molecule has 0 bridgehead atoms. The minimum Gasteiger partial charge on any atom is -0.497 e. The Morgan fingerprint density at radius 2 is 2.31 bits per heavy atom. The number of hydrogen-bond donors (Lipinski definition) is 1. The van der Waals surface area contributed by atoms with Crippen molar-refractivity contribution < 1.29 is 14.6 Å². The molecule has 0 amide bonds. The van der Waals surface area contributed by atoms with Crippen LogP contribution in [0.25, 0.3) is 6.08 Å². The number of allylic oxidation sites excluding steroid dienone is 1. The zero-order valence-corrected chi connectivity index (χ0v) is 10.5. The number of ether oxygens (including phenoxy) is 1. The lowest BCUT2D eigenvalue weighted by Gasteiger charge is -2.04. The van der Waals surface area contributed by atoms with Crippen LogP contribution < -0.4 is 4.74 Å². The Balaban J connectivity index is 3.03. The quantitative estimate of drug-likeness (QED) is 0.845. The molecule has 0 saturated heterocycles. The standard InChI is InChI=1S/C12H13BrO3/c1-16-10-6-5-9(4-2-3-7-13)11(8-10)12(14)15/h2,4-6,8H,3,7H2,1H3,(H,14,15). The van der Waals surface area contributed by atoms with E-state index in [0.717, 1.165) is 11.8 Å². The second-order valence-corrected chi connectivity index (χ2v) is 3.93. The van der Waals surface area contributed by atoms with Gasteiger partial charge in [-0.15, -0.1) is 0 Å². The molecule has 4 heteroatoms. The first kappa shape index (κ1) is 12.8. The number of carboxylic acid groups (broad SMARTS) is 1. The van der Waals surface area contributed by atoms with Crippen molar-refractivity contribution in [3.05, 3.63) is 35.4 Å². The highest BCUT2D eigenvalue weighted by Gasteiger charge is 2.08. The first-order valence-corrected chi connectivity index (χ1v) is 5.95. The van der Waals surface area contributed by atoms with Gasteiger partial charge in [-0.3, -0.25) is 0 Å². The molecule has 16 heavy (non-hydrogen) atoms. The Bertz CT molecular complexity index is 399. The number of carboxylic acids is 1. The largest absolute Gasteiger partial charge is 0.497 e. The van der Waals surface area contributed by atoms with Gasteiger partial charge in [-0.05, 0) is 24.1 Å². The summed E-state index contributed by atoms with van der Waals surface area (Å²) in [4.78, 5) is 11.0. The smallest absolute Gasteiger partial charge is 0.336 e. The average molecular weight is 285 g/mol. The van der Waals surface area contributed by atoms with E-state index in [1.54, 1.807) is 12.1 Å². The molecule has 1 aromatic rings. The number of carbonyl (C=O) groups is 1. The van der Waals surface area contributed by atoms with Gasteiger partial charge in [-0.1, -0.05) is 34.1 Å². The molecular formula is C12H13BrO3. The van der Waals surface area contributed by atoms with Gasteiger partial charge in [-0.25, -0.2) is 4.79 Å². The van der Waals surface area contributed by atoms with Crippen LogP contribution in [0.1, 0.15) is 22.3 Å². The van der Waals surface area contributed by atoms with Crippen LogP contribution in [-0.2, 0) is 0 Å². The van der Waals surface area contributed by atoms with Gasteiger partial charge in [0, 0.05) is 5.33 Å². The van der Waals surface area contributed by atoms with Crippen LogP contribution in [0.5, 0.6) is 5.75 Å². The molecule has 0 atom stereocenters. The Hall–Kier alpha value is -1.29. The summed E-state index contributed by atoms with van der Waals surface area (Å²) in [6, 6.07) is 5.02. The summed E-state index contributed by atoms with van der Waals surface area (Å²) < 4.78 is 4.99. The summed E-state index contributed by atoms with van der Waals surface area (Å²) >= 11 is 3.31. The van der Waals surface area contributed by atoms with E-state index < -0.39 is 5.97 Å². The van der Waals surface area contributed by atoms with Crippen LogP contribution in [0.15, 0.2) is 24.3 Å². The summed E-state index contributed by atoms with van der Waals surface area (Å²) in [6.07, 6.45) is 4.61. The van der Waals surface area contributed by atoms with Crippen LogP contribution in [-0.4, -0.2) is 23.5 Å². The van der Waals surface area contributed by atoms with E-state index in [0.29, 0.717) is 11.3 Å². The molecule has 0 spiro atoms. The minimum atomic E-state index is -0.947. The van der Waals surface area contributed by atoms with Crippen molar-refractivity contribution in [1.29, 1.82) is 0 Å². The fourth-order valence-corrected chi connectivity index (χ4v) is 1.53. The van der Waals surface area contributed by atoms with Gasteiger partial charge in [0.2, 0.25) is 0 Å². The third kappa shape index (κ3) is 3.38. The number of halogens is 1. The van der Waals surface area contributed by atoms with E-state index in [9.17, 15) is 4.79 Å². The number of aromatic carboxylic acids is 1. The minimum absolute atomic E-state index is 0.255. The van der Waals surface area contributed by atoms with Crippen LogP contribution in [0.3, 0.4) is 0 Å². The molecule has 1 N–H and O–H groups in total. The van der Waals surface area contributed by atoms with Gasteiger partial charge < -0.3 is 9.84 Å². The topological polar surface area (TPSA) is 46.5 Å². The highest BCUT2D eigenvalue weighted by molar-refractivity contribution is 9.09. The second kappa shape index (κ2) is 6.33. The Morgan fingerprint density at radius 1 is 1.56 bits per heavy atom. The summed E-state index contributed by atoms with van der Waals surface area (Å²) in [5.41, 5.74) is 0.944. The first-order valence-electron chi connectivity index (χ1n) is 4.83. The third-order valence-electron chi connectivity index (χ3n) is 2.06. The molecule has 0 heterocycles. The maximum absolute atomic E-state index is 11.0. The predicted octanol–water partition coefficient (Wildman–Crippen LogP) is 3.19. The molecule has 1 rings (SSSR count). The van der Waals surface area contributed by atoms with Gasteiger partial charge in [0.25, 0.3) is 0 Å². The van der Waals surface area contributed by atoms with Crippen molar-refractivity contribution in [3.63, 3.8) is 0 Å². The molecule has 0 aromatic heterocycles. The van der Waals surface area contributed by atoms with Crippen molar-refractivity contribution >= 4 is 28.0 Å². The SMILES string of the molecule is COc1ccc(C=CCCBr)c(C(=O)O)c1. The van der Waals surface area contributed by atoms with E-state index in [4.69, 9.17) is 9.84 Å². The molecule has 1 aromatic carbocycles. The van der Waals surface area contributed by atoms with E-state index in [1.807, 2.05) is 12.2 Å². The fourth-order valence-electron chi connectivity index (χ4n) is 1.27. The lowest BCUT2D eigenvalue weighted by Crippen LogP contribution is -2.00. The maximum Gasteiger partial charge on any atom is 0.336 e. The number of alkyl halides is 1. The molecule has 0 unspecified atom stereocenters. The number of benzene rings is 1. The Kier molecular flexibility index (Phi) is 5.05. The zero-order valence-electron chi connectivity index (χ0n) is 8.94. The fraction of sp³-hybridized carbons (Fsp3) is 0.250. The van der Waals surface area contributed by atoms with Crippen molar-refractivity contribution in [1.82, 2.24) is 0 Å². The summed E-state index contributed by atoms with van der Waals surface area (Å²) in [6.45, 7) is 0. The zero-order chi connectivity index (χ0) is 12.0. The molecule has 0 radical (unpaired) electrons.